The highest BCUT2D eigenvalue weighted by atomic mass is 16.5. The molecule has 2 aromatic rings. The van der Waals surface area contributed by atoms with Gasteiger partial charge in [0, 0.05) is 13.1 Å². The number of imide groups is 1. The van der Waals surface area contributed by atoms with E-state index in [4.69, 9.17) is 4.74 Å². The lowest BCUT2D eigenvalue weighted by Crippen LogP contribution is -2.39. The van der Waals surface area contributed by atoms with Crippen LogP contribution in [-0.2, 0) is 9.59 Å². The van der Waals surface area contributed by atoms with Gasteiger partial charge in [-0.2, -0.15) is 0 Å². The highest BCUT2D eigenvalue weighted by Crippen LogP contribution is 2.39. The number of nitrogens with zero attached hydrogens (tertiary/aromatic N) is 2. The number of rotatable bonds is 5. The quantitative estimate of drug-likeness (QED) is 0.721. The minimum atomic E-state index is -0.290. The molecule has 2 amide bonds. The van der Waals surface area contributed by atoms with E-state index >= 15 is 0 Å². The summed E-state index contributed by atoms with van der Waals surface area (Å²) < 4.78 is 5.71. The smallest absolute Gasteiger partial charge is 0.282 e. The highest BCUT2D eigenvalue weighted by molar-refractivity contribution is 6.45. The molecule has 150 valence electrons. The van der Waals surface area contributed by atoms with Gasteiger partial charge in [-0.1, -0.05) is 49.4 Å². The Labute approximate surface area is 171 Å². The van der Waals surface area contributed by atoms with Crippen molar-refractivity contribution < 1.29 is 14.3 Å². The van der Waals surface area contributed by atoms with Crippen molar-refractivity contribution in [2.45, 2.75) is 26.7 Å². The molecule has 1 fully saturated rings. The minimum absolute atomic E-state index is 0.268. The first kappa shape index (κ1) is 19.2. The fourth-order valence-electron chi connectivity index (χ4n) is 4.21. The van der Waals surface area contributed by atoms with Crippen molar-refractivity contribution in [1.82, 2.24) is 4.90 Å². The summed E-state index contributed by atoms with van der Waals surface area (Å²) in [5.74, 6) is 0.468. The fraction of sp³-hybridized carbons (Fsp3) is 0.333. The van der Waals surface area contributed by atoms with E-state index in [0.29, 0.717) is 35.2 Å². The maximum atomic E-state index is 13.6. The summed E-state index contributed by atoms with van der Waals surface area (Å²) in [5.41, 5.74) is 2.27. The molecule has 2 aliphatic heterocycles. The lowest BCUT2D eigenvalue weighted by atomic mass is 9.98. The topological polar surface area (TPSA) is 49.9 Å². The minimum Gasteiger partial charge on any atom is -0.492 e. The van der Waals surface area contributed by atoms with E-state index in [0.717, 1.165) is 31.5 Å². The van der Waals surface area contributed by atoms with Gasteiger partial charge < -0.3 is 9.64 Å². The number of amides is 2. The number of anilines is 1. The molecule has 2 heterocycles. The van der Waals surface area contributed by atoms with Crippen LogP contribution in [0.3, 0.4) is 0 Å². The van der Waals surface area contributed by atoms with Crippen LogP contribution in [0.15, 0.2) is 60.3 Å². The van der Waals surface area contributed by atoms with Gasteiger partial charge in [0.1, 0.15) is 11.4 Å². The summed E-state index contributed by atoms with van der Waals surface area (Å²) >= 11 is 0. The molecule has 0 saturated carbocycles. The molecule has 0 N–H and O–H groups in total. The van der Waals surface area contributed by atoms with E-state index in [2.05, 4.69) is 11.8 Å². The van der Waals surface area contributed by atoms with Crippen LogP contribution in [-0.4, -0.2) is 36.4 Å². The molecule has 2 aliphatic rings. The number of benzene rings is 2. The predicted molar refractivity (Wildman–Crippen MR) is 113 cm³/mol. The molecular weight excluding hydrogens is 364 g/mol. The summed E-state index contributed by atoms with van der Waals surface area (Å²) in [6, 6.07) is 16.7. The zero-order valence-corrected chi connectivity index (χ0v) is 16.9. The lowest BCUT2D eigenvalue weighted by Gasteiger charge is -2.33. The Hall–Kier alpha value is -3.08. The number of carbonyl (C=O) groups is 2. The first-order chi connectivity index (χ1) is 14.1. The maximum absolute atomic E-state index is 13.6. The van der Waals surface area contributed by atoms with E-state index < -0.39 is 0 Å². The van der Waals surface area contributed by atoms with Crippen LogP contribution in [0, 0.1) is 5.92 Å². The van der Waals surface area contributed by atoms with Crippen molar-refractivity contribution in [3.63, 3.8) is 0 Å². The number of likely N-dealkylation sites (tertiary alicyclic amines) is 1. The average molecular weight is 390 g/mol. The number of carbonyl (C=O) groups excluding carboxylic acids is 2. The summed E-state index contributed by atoms with van der Waals surface area (Å²) in [4.78, 5) is 30.6. The summed E-state index contributed by atoms with van der Waals surface area (Å²) in [7, 11) is 0. The van der Waals surface area contributed by atoms with Crippen molar-refractivity contribution in [3.8, 4) is 5.75 Å². The van der Waals surface area contributed by atoms with Gasteiger partial charge >= 0.3 is 0 Å². The van der Waals surface area contributed by atoms with E-state index in [9.17, 15) is 9.59 Å². The van der Waals surface area contributed by atoms with Crippen LogP contribution >= 0.6 is 0 Å². The molecule has 5 nitrogen and oxygen atoms in total. The molecule has 0 bridgehead atoms. The van der Waals surface area contributed by atoms with E-state index in [-0.39, 0.29) is 11.8 Å². The van der Waals surface area contributed by atoms with Gasteiger partial charge in [-0.25, -0.2) is 4.90 Å². The molecule has 29 heavy (non-hydrogen) atoms. The van der Waals surface area contributed by atoms with Crippen molar-refractivity contribution in [2.75, 3.05) is 24.6 Å². The Morgan fingerprint density at radius 3 is 2.45 bits per heavy atom. The Bertz CT molecular complexity index is 952. The second-order valence-corrected chi connectivity index (χ2v) is 7.63. The van der Waals surface area contributed by atoms with Crippen LogP contribution in [0.25, 0.3) is 5.57 Å². The molecule has 0 spiro atoms. The standard InChI is InChI=1S/C24H26N2O3/c1-3-29-20-14-8-7-13-19(20)26-23(27)21(18-11-5-4-6-12-18)22(24(26)28)25-15-9-10-17(2)16-25/h4-8,11-14,17H,3,9-10,15-16H2,1-2H3. The number of piperidine rings is 1. The average Bonchev–Trinajstić information content (AvgIpc) is 2.99. The second kappa shape index (κ2) is 8.11. The van der Waals surface area contributed by atoms with Gasteiger partial charge in [0.25, 0.3) is 11.8 Å². The zero-order valence-electron chi connectivity index (χ0n) is 16.9. The van der Waals surface area contributed by atoms with Crippen molar-refractivity contribution >= 4 is 23.1 Å². The summed E-state index contributed by atoms with van der Waals surface area (Å²) in [6.07, 6.45) is 2.16. The van der Waals surface area contributed by atoms with Crippen LogP contribution in [0.5, 0.6) is 5.75 Å². The molecule has 0 aromatic heterocycles. The Morgan fingerprint density at radius 1 is 1.00 bits per heavy atom. The van der Waals surface area contributed by atoms with Crippen LogP contribution in [0.4, 0.5) is 5.69 Å². The molecule has 1 saturated heterocycles. The Kier molecular flexibility index (Phi) is 5.38. The van der Waals surface area contributed by atoms with Gasteiger partial charge in [0.2, 0.25) is 0 Å². The summed E-state index contributed by atoms with van der Waals surface area (Å²) in [5, 5.41) is 0. The number of para-hydroxylation sites is 2. The third kappa shape index (κ3) is 3.53. The van der Waals surface area contributed by atoms with Crippen molar-refractivity contribution in [2.24, 2.45) is 5.92 Å². The SMILES string of the molecule is CCOc1ccccc1N1C(=O)C(c2ccccc2)=C(N2CCCC(C)C2)C1=O. The van der Waals surface area contributed by atoms with E-state index in [1.807, 2.05) is 49.4 Å². The van der Waals surface area contributed by atoms with Crippen LogP contribution < -0.4 is 9.64 Å². The third-order valence-electron chi connectivity index (χ3n) is 5.50. The predicted octanol–water partition coefficient (Wildman–Crippen LogP) is 4.10. The van der Waals surface area contributed by atoms with Gasteiger partial charge in [0.15, 0.2) is 0 Å². The molecule has 2 aromatic carbocycles. The molecule has 0 aliphatic carbocycles. The molecule has 0 radical (unpaired) electrons. The molecule has 4 rings (SSSR count). The van der Waals surface area contributed by atoms with Crippen LogP contribution in [0.2, 0.25) is 0 Å². The molecule has 1 unspecified atom stereocenters. The molecule has 1 atom stereocenters. The van der Waals surface area contributed by atoms with Gasteiger partial charge in [-0.15, -0.1) is 0 Å². The zero-order chi connectivity index (χ0) is 20.4. The maximum Gasteiger partial charge on any atom is 0.282 e. The monoisotopic (exact) mass is 390 g/mol. The second-order valence-electron chi connectivity index (χ2n) is 7.63. The molecule has 5 heteroatoms. The first-order valence-electron chi connectivity index (χ1n) is 10.3. The summed E-state index contributed by atoms with van der Waals surface area (Å²) in [6.45, 7) is 6.11. The van der Waals surface area contributed by atoms with Crippen LogP contribution in [0.1, 0.15) is 32.3 Å². The lowest BCUT2D eigenvalue weighted by molar-refractivity contribution is -0.120. The van der Waals surface area contributed by atoms with E-state index in [1.165, 1.54) is 4.90 Å². The number of hydrogen-bond acceptors (Lipinski definition) is 4. The van der Waals surface area contributed by atoms with Crippen molar-refractivity contribution in [1.29, 1.82) is 0 Å². The Morgan fingerprint density at radius 2 is 1.72 bits per heavy atom. The van der Waals surface area contributed by atoms with E-state index in [1.54, 1.807) is 12.1 Å². The largest absolute Gasteiger partial charge is 0.492 e. The number of ether oxygens (including phenoxy) is 1. The molecular formula is C24H26N2O3. The Balaban J connectivity index is 1.82. The third-order valence-corrected chi connectivity index (χ3v) is 5.50. The highest BCUT2D eigenvalue weighted by Gasteiger charge is 2.43. The van der Waals surface area contributed by atoms with Crippen molar-refractivity contribution in [3.05, 3.63) is 65.9 Å². The van der Waals surface area contributed by atoms with Gasteiger partial charge in [0.05, 0.1) is 17.9 Å². The first-order valence-corrected chi connectivity index (χ1v) is 10.3. The number of hydrogen-bond donors (Lipinski definition) is 0. The van der Waals surface area contributed by atoms with Gasteiger partial charge in [-0.05, 0) is 43.4 Å². The fourth-order valence-corrected chi connectivity index (χ4v) is 4.21. The normalized spacial score (nSPS) is 19.9. The van der Waals surface area contributed by atoms with Gasteiger partial charge in [-0.3, -0.25) is 9.59 Å².